The molecule has 136 valence electrons. The highest BCUT2D eigenvalue weighted by Crippen LogP contribution is 2.23. The van der Waals surface area contributed by atoms with Crippen LogP contribution in [0, 0.1) is 15.9 Å². The van der Waals surface area contributed by atoms with Crippen LogP contribution in [0.4, 0.5) is 15.8 Å². The van der Waals surface area contributed by atoms with Gasteiger partial charge >= 0.3 is 5.97 Å². The number of carbonyl (C=O) groups excluding carboxylic acids is 2. The molecule has 0 fully saturated rings. The zero-order chi connectivity index (χ0) is 19.3. The van der Waals surface area contributed by atoms with Crippen molar-refractivity contribution in [1.29, 1.82) is 0 Å². The van der Waals surface area contributed by atoms with E-state index in [1.54, 1.807) is 0 Å². The Bertz CT molecular complexity index is 855. The number of amides is 1. The van der Waals surface area contributed by atoms with Crippen LogP contribution in [-0.4, -0.2) is 30.0 Å². The molecule has 0 unspecified atom stereocenters. The largest absolute Gasteiger partial charge is 0.497 e. The van der Waals surface area contributed by atoms with Crippen LogP contribution in [0.3, 0.4) is 0 Å². The topological polar surface area (TPSA) is 108 Å². The van der Waals surface area contributed by atoms with E-state index in [9.17, 15) is 24.1 Å². The number of para-hydroxylation sites is 2. The summed E-state index contributed by atoms with van der Waals surface area (Å²) in [7, 11) is 1.35. The third-order valence-corrected chi connectivity index (χ3v) is 3.41. The molecule has 0 saturated carbocycles. The number of methoxy groups -OCH3 is 1. The van der Waals surface area contributed by atoms with E-state index in [2.05, 4.69) is 5.32 Å². The summed E-state index contributed by atoms with van der Waals surface area (Å²) in [4.78, 5) is 34.4. The lowest BCUT2D eigenvalue weighted by Gasteiger charge is -2.14. The quantitative estimate of drug-likeness (QED) is 0.481. The first-order chi connectivity index (χ1) is 12.3. The average Bonchev–Trinajstić information content (AvgIpc) is 2.61. The Morgan fingerprint density at radius 3 is 2.54 bits per heavy atom. The van der Waals surface area contributed by atoms with Crippen LogP contribution in [-0.2, 0) is 9.53 Å². The molecular weight excluding hydrogens is 347 g/mol. The number of benzene rings is 2. The van der Waals surface area contributed by atoms with Crippen molar-refractivity contribution in [2.75, 3.05) is 12.4 Å². The summed E-state index contributed by atoms with van der Waals surface area (Å²) < 4.78 is 23.6. The van der Waals surface area contributed by atoms with Crippen molar-refractivity contribution in [2.45, 2.75) is 13.0 Å². The van der Waals surface area contributed by atoms with Gasteiger partial charge in [0, 0.05) is 12.1 Å². The second-order valence-electron chi connectivity index (χ2n) is 5.16. The van der Waals surface area contributed by atoms with Gasteiger partial charge in [0.2, 0.25) is 0 Å². The number of hydrogen-bond donors (Lipinski definition) is 1. The van der Waals surface area contributed by atoms with Gasteiger partial charge in [0.15, 0.2) is 6.10 Å². The van der Waals surface area contributed by atoms with E-state index in [0.717, 1.165) is 6.07 Å². The molecule has 0 aliphatic carbocycles. The van der Waals surface area contributed by atoms with Crippen LogP contribution in [0.15, 0.2) is 42.5 Å². The Morgan fingerprint density at radius 2 is 1.92 bits per heavy atom. The Morgan fingerprint density at radius 1 is 1.23 bits per heavy atom. The maximum atomic E-state index is 13.9. The van der Waals surface area contributed by atoms with Crippen molar-refractivity contribution in [2.24, 2.45) is 0 Å². The SMILES string of the molecule is COc1ccc(C(=O)O[C@H](C)C(=O)Nc2ccccc2[N+](=O)[O-])c(F)c1. The van der Waals surface area contributed by atoms with Crippen LogP contribution < -0.4 is 10.1 Å². The number of ether oxygens (including phenoxy) is 2. The Balaban J connectivity index is 2.07. The fraction of sp³-hybridized carbons (Fsp3) is 0.176. The van der Waals surface area contributed by atoms with E-state index in [1.165, 1.54) is 50.4 Å². The van der Waals surface area contributed by atoms with E-state index in [0.29, 0.717) is 0 Å². The zero-order valence-electron chi connectivity index (χ0n) is 13.9. The number of carbonyl (C=O) groups is 2. The maximum Gasteiger partial charge on any atom is 0.341 e. The average molecular weight is 362 g/mol. The number of esters is 1. The van der Waals surface area contributed by atoms with Crippen LogP contribution in [0.1, 0.15) is 17.3 Å². The van der Waals surface area contributed by atoms with Gasteiger partial charge in [0.25, 0.3) is 11.6 Å². The summed E-state index contributed by atoms with van der Waals surface area (Å²) in [6, 6.07) is 9.07. The van der Waals surface area contributed by atoms with Crippen LogP contribution in [0.25, 0.3) is 0 Å². The van der Waals surface area contributed by atoms with Gasteiger partial charge in [-0.05, 0) is 25.1 Å². The van der Waals surface area contributed by atoms with Gasteiger partial charge in [-0.2, -0.15) is 0 Å². The Kier molecular flexibility index (Phi) is 5.84. The van der Waals surface area contributed by atoms with Gasteiger partial charge in [-0.1, -0.05) is 12.1 Å². The van der Waals surface area contributed by atoms with Crippen molar-refractivity contribution in [3.8, 4) is 5.75 Å². The predicted octanol–water partition coefficient (Wildman–Crippen LogP) is 2.93. The number of rotatable bonds is 6. The molecule has 26 heavy (non-hydrogen) atoms. The lowest BCUT2D eigenvalue weighted by Crippen LogP contribution is -2.30. The fourth-order valence-electron chi connectivity index (χ4n) is 2.04. The molecule has 2 rings (SSSR count). The molecule has 2 aromatic carbocycles. The van der Waals surface area contributed by atoms with E-state index in [4.69, 9.17) is 9.47 Å². The highest BCUT2D eigenvalue weighted by atomic mass is 19.1. The summed E-state index contributed by atoms with van der Waals surface area (Å²) in [5.41, 5.74) is -0.710. The van der Waals surface area contributed by atoms with Crippen molar-refractivity contribution >= 4 is 23.3 Å². The smallest absolute Gasteiger partial charge is 0.341 e. The molecule has 0 saturated heterocycles. The van der Waals surface area contributed by atoms with E-state index in [-0.39, 0.29) is 22.7 Å². The van der Waals surface area contributed by atoms with Crippen molar-refractivity contribution in [3.63, 3.8) is 0 Å². The summed E-state index contributed by atoms with van der Waals surface area (Å²) in [5.74, 6) is -2.47. The van der Waals surface area contributed by atoms with Crippen molar-refractivity contribution < 1.29 is 28.4 Å². The predicted molar refractivity (Wildman–Crippen MR) is 89.6 cm³/mol. The highest BCUT2D eigenvalue weighted by molar-refractivity contribution is 5.98. The zero-order valence-corrected chi connectivity index (χ0v) is 13.9. The number of anilines is 1. The van der Waals surface area contributed by atoms with Gasteiger partial charge in [-0.15, -0.1) is 0 Å². The number of hydrogen-bond acceptors (Lipinski definition) is 6. The molecule has 0 aromatic heterocycles. The molecule has 0 radical (unpaired) electrons. The molecule has 0 heterocycles. The molecule has 9 heteroatoms. The van der Waals surface area contributed by atoms with E-state index >= 15 is 0 Å². The number of nitrogens with one attached hydrogen (secondary N) is 1. The molecule has 2 aromatic rings. The minimum atomic E-state index is -1.30. The summed E-state index contributed by atoms with van der Waals surface area (Å²) in [5, 5.41) is 13.3. The van der Waals surface area contributed by atoms with E-state index in [1.807, 2.05) is 0 Å². The maximum absolute atomic E-state index is 13.9. The standard InChI is InChI=1S/C17H15FN2O6/c1-10(16(21)19-14-5-3-4-6-15(14)20(23)24)26-17(22)12-8-7-11(25-2)9-13(12)18/h3-10H,1-2H3,(H,19,21)/t10-/m1/s1. The Labute approximate surface area is 147 Å². The first kappa shape index (κ1) is 18.8. The fourth-order valence-corrected chi connectivity index (χ4v) is 2.04. The van der Waals surface area contributed by atoms with Gasteiger partial charge in [0.05, 0.1) is 17.6 Å². The second kappa shape index (κ2) is 8.06. The van der Waals surface area contributed by atoms with Crippen molar-refractivity contribution in [1.82, 2.24) is 0 Å². The third-order valence-electron chi connectivity index (χ3n) is 3.41. The first-order valence-electron chi connectivity index (χ1n) is 7.42. The molecule has 1 N–H and O–H groups in total. The molecule has 8 nitrogen and oxygen atoms in total. The van der Waals surface area contributed by atoms with Crippen LogP contribution in [0.5, 0.6) is 5.75 Å². The van der Waals surface area contributed by atoms with Crippen molar-refractivity contribution in [3.05, 3.63) is 64.0 Å². The third kappa shape index (κ3) is 4.32. The Hall–Kier alpha value is -3.49. The minimum Gasteiger partial charge on any atom is -0.497 e. The number of nitro groups is 1. The number of nitro benzene ring substituents is 1. The minimum absolute atomic E-state index is 0.0407. The van der Waals surface area contributed by atoms with Gasteiger partial charge in [-0.3, -0.25) is 14.9 Å². The van der Waals surface area contributed by atoms with Crippen LogP contribution >= 0.6 is 0 Å². The molecule has 1 amide bonds. The van der Waals surface area contributed by atoms with Gasteiger partial charge in [-0.25, -0.2) is 9.18 Å². The molecular formula is C17H15FN2O6. The van der Waals surface area contributed by atoms with Crippen LogP contribution in [0.2, 0.25) is 0 Å². The van der Waals surface area contributed by atoms with Gasteiger partial charge in [0.1, 0.15) is 17.3 Å². The summed E-state index contributed by atoms with van der Waals surface area (Å²) in [6.07, 6.45) is -1.30. The first-order valence-corrected chi connectivity index (χ1v) is 7.42. The second-order valence-corrected chi connectivity index (χ2v) is 5.16. The highest BCUT2D eigenvalue weighted by Gasteiger charge is 2.23. The normalized spacial score (nSPS) is 11.3. The molecule has 0 bridgehead atoms. The number of nitrogens with zero attached hydrogens (tertiary/aromatic N) is 1. The lowest BCUT2D eigenvalue weighted by atomic mass is 10.2. The summed E-state index contributed by atoms with van der Waals surface area (Å²) >= 11 is 0. The van der Waals surface area contributed by atoms with E-state index < -0.39 is 28.7 Å². The number of halogens is 1. The molecule has 0 aliphatic heterocycles. The summed E-state index contributed by atoms with van der Waals surface area (Å²) in [6.45, 7) is 1.27. The molecule has 0 aliphatic rings. The monoisotopic (exact) mass is 362 g/mol. The molecule has 0 spiro atoms. The van der Waals surface area contributed by atoms with Gasteiger partial charge < -0.3 is 14.8 Å². The molecule has 1 atom stereocenters. The lowest BCUT2D eigenvalue weighted by molar-refractivity contribution is -0.383.